The Morgan fingerprint density at radius 2 is 2.33 bits per heavy atom. The zero-order valence-corrected chi connectivity index (χ0v) is 11.1. The molecular formula is C11H13IN2O. The number of nitrogens with zero attached hydrogens (tertiary/aromatic N) is 1. The number of amides is 1. The molecule has 1 amide bonds. The summed E-state index contributed by atoms with van der Waals surface area (Å²) >= 11 is 0.00244. The maximum Gasteiger partial charge on any atom is 0.218 e. The van der Waals surface area contributed by atoms with Crippen molar-refractivity contribution in [1.29, 1.82) is 0 Å². The molecule has 0 spiro atoms. The molecular weight excluding hydrogens is 303 g/mol. The Labute approximate surface area is 99.8 Å². The van der Waals surface area contributed by atoms with Crippen molar-refractivity contribution < 1.29 is 4.79 Å². The van der Waals surface area contributed by atoms with Gasteiger partial charge in [0.25, 0.3) is 0 Å². The molecule has 15 heavy (non-hydrogen) atoms. The SMILES string of the molecule is CC(=O)NC(C)(C)C#CC1=NC=IC=C1. The Morgan fingerprint density at radius 1 is 1.60 bits per heavy atom. The Balaban J connectivity index is 2.72. The van der Waals surface area contributed by atoms with E-state index in [2.05, 4.69) is 26.2 Å². The summed E-state index contributed by atoms with van der Waals surface area (Å²) in [5.74, 6) is 5.86. The van der Waals surface area contributed by atoms with E-state index in [4.69, 9.17) is 0 Å². The van der Waals surface area contributed by atoms with Crippen LogP contribution in [0.3, 0.4) is 0 Å². The van der Waals surface area contributed by atoms with Crippen molar-refractivity contribution in [1.82, 2.24) is 5.32 Å². The van der Waals surface area contributed by atoms with Crippen molar-refractivity contribution in [2.45, 2.75) is 26.3 Å². The molecule has 0 aromatic heterocycles. The lowest BCUT2D eigenvalue weighted by atomic mass is 10.1. The van der Waals surface area contributed by atoms with E-state index >= 15 is 0 Å². The largest absolute Gasteiger partial charge is 0.341 e. The van der Waals surface area contributed by atoms with Gasteiger partial charge in [-0.25, -0.2) is 4.99 Å². The Kier molecular flexibility index (Phi) is 4.21. The lowest BCUT2D eigenvalue weighted by Crippen LogP contribution is -2.40. The summed E-state index contributed by atoms with van der Waals surface area (Å²) in [4.78, 5) is 15.1. The average molecular weight is 316 g/mol. The summed E-state index contributed by atoms with van der Waals surface area (Å²) in [6.07, 6.45) is 1.93. The highest BCUT2D eigenvalue weighted by atomic mass is 127. The van der Waals surface area contributed by atoms with Crippen LogP contribution in [0.25, 0.3) is 0 Å². The van der Waals surface area contributed by atoms with Gasteiger partial charge in [-0.05, 0) is 29.9 Å². The molecule has 0 saturated heterocycles. The van der Waals surface area contributed by atoms with Gasteiger partial charge in [0, 0.05) is 6.92 Å². The number of hydrogen-bond acceptors (Lipinski definition) is 2. The van der Waals surface area contributed by atoms with Crippen molar-refractivity contribution in [3.8, 4) is 11.8 Å². The first kappa shape index (κ1) is 12.1. The molecule has 0 fully saturated rings. The second kappa shape index (κ2) is 5.21. The van der Waals surface area contributed by atoms with Crippen molar-refractivity contribution in [3.05, 3.63) is 10.2 Å². The third kappa shape index (κ3) is 4.88. The fraction of sp³-hybridized carbons (Fsp3) is 0.364. The molecule has 1 aliphatic rings. The molecule has 0 aromatic carbocycles. The van der Waals surface area contributed by atoms with Gasteiger partial charge in [0.1, 0.15) is 5.71 Å². The number of nitrogens with one attached hydrogen (secondary N) is 1. The van der Waals surface area contributed by atoms with Gasteiger partial charge >= 0.3 is 0 Å². The third-order valence-corrected chi connectivity index (χ3v) is 2.90. The van der Waals surface area contributed by atoms with Gasteiger partial charge in [0.05, 0.1) is 9.67 Å². The average Bonchev–Trinajstić information content (AvgIpc) is 2.15. The molecule has 0 aliphatic carbocycles. The van der Waals surface area contributed by atoms with E-state index < -0.39 is 5.54 Å². The van der Waals surface area contributed by atoms with Gasteiger partial charge in [-0.15, -0.1) is 0 Å². The number of hydrogen-bond donors (Lipinski definition) is 1. The van der Waals surface area contributed by atoms with E-state index in [9.17, 15) is 4.79 Å². The predicted molar refractivity (Wildman–Crippen MR) is 72.3 cm³/mol. The van der Waals surface area contributed by atoms with Crippen molar-refractivity contribution in [3.63, 3.8) is 0 Å². The van der Waals surface area contributed by atoms with E-state index in [0.717, 1.165) is 5.71 Å². The Morgan fingerprint density at radius 3 is 2.87 bits per heavy atom. The van der Waals surface area contributed by atoms with Gasteiger partial charge in [-0.2, -0.15) is 0 Å². The molecule has 0 saturated carbocycles. The molecule has 0 aromatic rings. The lowest BCUT2D eigenvalue weighted by molar-refractivity contribution is -0.119. The topological polar surface area (TPSA) is 41.5 Å². The highest BCUT2D eigenvalue weighted by Crippen LogP contribution is 2.04. The first-order valence-electron chi connectivity index (χ1n) is 4.49. The molecule has 1 N–H and O–H groups in total. The van der Waals surface area contributed by atoms with Gasteiger partial charge in [-0.3, -0.25) is 4.79 Å². The molecule has 1 rings (SSSR count). The summed E-state index contributed by atoms with van der Waals surface area (Å²) in [6, 6.07) is 0. The Hall–Kier alpha value is -0.960. The molecule has 1 heterocycles. The number of halogens is 1. The fourth-order valence-corrected chi connectivity index (χ4v) is 2.21. The third-order valence-electron chi connectivity index (χ3n) is 1.53. The minimum absolute atomic E-state index is 0.00244. The number of rotatable bonds is 1. The normalized spacial score (nSPS) is 14.5. The summed E-state index contributed by atoms with van der Waals surface area (Å²) in [7, 11) is 0. The molecule has 0 unspecified atom stereocenters. The van der Waals surface area contributed by atoms with Crippen LogP contribution in [0.1, 0.15) is 20.8 Å². The molecule has 80 valence electrons. The highest BCUT2D eigenvalue weighted by molar-refractivity contribution is 14.2. The van der Waals surface area contributed by atoms with Crippen LogP contribution < -0.4 is 5.32 Å². The van der Waals surface area contributed by atoms with E-state index in [1.54, 1.807) is 0 Å². The summed E-state index contributed by atoms with van der Waals surface area (Å²) in [6.45, 7) is 5.22. The van der Waals surface area contributed by atoms with Crippen molar-refractivity contribution >= 4 is 36.5 Å². The van der Waals surface area contributed by atoms with Gasteiger partial charge in [-0.1, -0.05) is 26.7 Å². The van der Waals surface area contributed by atoms with E-state index in [0.29, 0.717) is 0 Å². The first-order valence-corrected chi connectivity index (χ1v) is 6.99. The number of aliphatic imine (C=N–C) groups is 1. The van der Waals surface area contributed by atoms with Crippen molar-refractivity contribution in [2.75, 3.05) is 0 Å². The minimum atomic E-state index is -0.505. The summed E-state index contributed by atoms with van der Waals surface area (Å²) < 4.78 is 4.04. The van der Waals surface area contributed by atoms with Gasteiger partial charge in [0.15, 0.2) is 0 Å². The smallest absolute Gasteiger partial charge is 0.218 e. The number of carbonyl (C=O) groups excluding carboxylic acids is 1. The quantitative estimate of drug-likeness (QED) is 0.579. The summed E-state index contributed by atoms with van der Waals surface area (Å²) in [5.41, 5.74) is 0.258. The van der Waals surface area contributed by atoms with E-state index in [-0.39, 0.29) is 26.6 Å². The predicted octanol–water partition coefficient (Wildman–Crippen LogP) is 1.60. The molecule has 0 atom stereocenters. The molecule has 0 bridgehead atoms. The molecule has 4 heteroatoms. The van der Waals surface area contributed by atoms with Crippen LogP contribution >= 0.6 is 20.7 Å². The highest BCUT2D eigenvalue weighted by Gasteiger charge is 2.14. The van der Waals surface area contributed by atoms with E-state index in [1.807, 2.05) is 24.1 Å². The Bertz CT molecular complexity index is 408. The molecule has 0 radical (unpaired) electrons. The monoisotopic (exact) mass is 316 g/mol. The molecule has 3 nitrogen and oxygen atoms in total. The van der Waals surface area contributed by atoms with Crippen LogP contribution in [0.2, 0.25) is 0 Å². The van der Waals surface area contributed by atoms with Crippen LogP contribution in [0.15, 0.2) is 15.2 Å². The zero-order chi connectivity index (χ0) is 11.3. The van der Waals surface area contributed by atoms with Crippen LogP contribution in [-0.4, -0.2) is 21.3 Å². The van der Waals surface area contributed by atoms with Crippen molar-refractivity contribution in [2.24, 2.45) is 4.99 Å². The number of allylic oxidation sites excluding steroid dienone is 1. The summed E-state index contributed by atoms with van der Waals surface area (Å²) in [5, 5.41) is 2.76. The van der Waals surface area contributed by atoms with Crippen LogP contribution in [0.5, 0.6) is 0 Å². The van der Waals surface area contributed by atoms with Gasteiger partial charge in [0.2, 0.25) is 5.91 Å². The second-order valence-electron chi connectivity index (χ2n) is 3.59. The van der Waals surface area contributed by atoms with Gasteiger partial charge < -0.3 is 5.32 Å². The maximum atomic E-state index is 10.9. The zero-order valence-electron chi connectivity index (χ0n) is 8.97. The fourth-order valence-electron chi connectivity index (χ4n) is 1.02. The standard InChI is InChI=1S/C11H13IN2O/c1-9(15)14-11(2,3)6-4-10-5-7-12-8-13-10/h5,7-8H,1-3H3,(H,14,15). The minimum Gasteiger partial charge on any atom is -0.341 e. The first-order chi connectivity index (χ1) is 6.99. The lowest BCUT2D eigenvalue weighted by Gasteiger charge is -2.18. The number of carbonyl (C=O) groups is 1. The van der Waals surface area contributed by atoms with Crippen LogP contribution in [0, 0.1) is 11.8 Å². The maximum absolute atomic E-state index is 10.9. The van der Waals surface area contributed by atoms with Crippen LogP contribution in [-0.2, 0) is 4.79 Å². The van der Waals surface area contributed by atoms with E-state index in [1.165, 1.54) is 6.92 Å². The molecule has 1 aliphatic heterocycles. The second-order valence-corrected chi connectivity index (χ2v) is 5.58. The van der Waals surface area contributed by atoms with Crippen LogP contribution in [0.4, 0.5) is 0 Å².